The van der Waals surface area contributed by atoms with E-state index in [4.69, 9.17) is 5.73 Å². The zero-order chi connectivity index (χ0) is 14.6. The van der Waals surface area contributed by atoms with Crippen molar-refractivity contribution in [1.82, 2.24) is 10.2 Å². The molecule has 0 radical (unpaired) electrons. The molecule has 2 aliphatic rings. The highest BCUT2D eigenvalue weighted by molar-refractivity contribution is 5.86. The molecule has 20 heavy (non-hydrogen) atoms. The molecular formula is C16H31N3O. The van der Waals surface area contributed by atoms with Crippen molar-refractivity contribution in [1.29, 1.82) is 0 Å². The number of rotatable bonds is 11. The lowest BCUT2D eigenvalue weighted by atomic mass is 9.90. The van der Waals surface area contributed by atoms with E-state index in [0.717, 1.165) is 38.9 Å². The molecule has 4 heteroatoms. The van der Waals surface area contributed by atoms with E-state index < -0.39 is 5.54 Å². The van der Waals surface area contributed by atoms with Crippen LogP contribution in [0.3, 0.4) is 0 Å². The number of hydrogen-bond acceptors (Lipinski definition) is 3. The molecule has 2 saturated carbocycles. The lowest BCUT2D eigenvalue weighted by Crippen LogP contribution is -2.63. The summed E-state index contributed by atoms with van der Waals surface area (Å²) < 4.78 is 0. The van der Waals surface area contributed by atoms with Gasteiger partial charge in [0.25, 0.3) is 0 Å². The third-order valence-corrected chi connectivity index (χ3v) is 4.72. The minimum atomic E-state index is -0.480. The Balaban J connectivity index is 2.05. The first-order valence-corrected chi connectivity index (χ1v) is 8.43. The molecule has 0 spiro atoms. The van der Waals surface area contributed by atoms with E-state index in [1.807, 2.05) is 0 Å². The van der Waals surface area contributed by atoms with Crippen molar-refractivity contribution in [2.75, 3.05) is 19.6 Å². The van der Waals surface area contributed by atoms with Crippen molar-refractivity contribution in [2.45, 2.75) is 70.4 Å². The zero-order valence-electron chi connectivity index (χ0n) is 13.2. The number of nitrogens with zero attached hydrogens (tertiary/aromatic N) is 1. The molecule has 3 N–H and O–H groups in total. The first-order chi connectivity index (χ1) is 9.64. The Morgan fingerprint density at radius 1 is 1.25 bits per heavy atom. The van der Waals surface area contributed by atoms with Gasteiger partial charge >= 0.3 is 0 Å². The van der Waals surface area contributed by atoms with Crippen molar-refractivity contribution in [3.8, 4) is 0 Å². The van der Waals surface area contributed by atoms with Crippen LogP contribution in [0.15, 0.2) is 0 Å². The molecule has 0 aliphatic heterocycles. The number of carbonyl (C=O) groups is 1. The quantitative estimate of drug-likeness (QED) is 0.608. The number of nitrogens with one attached hydrogen (secondary N) is 1. The maximum Gasteiger partial charge on any atom is 0.239 e. The van der Waals surface area contributed by atoms with Gasteiger partial charge in [-0.1, -0.05) is 20.3 Å². The molecule has 2 fully saturated rings. The fourth-order valence-corrected chi connectivity index (χ4v) is 3.13. The van der Waals surface area contributed by atoms with E-state index in [1.165, 1.54) is 25.7 Å². The lowest BCUT2D eigenvalue weighted by Gasteiger charge is -2.37. The summed E-state index contributed by atoms with van der Waals surface area (Å²) in [6, 6.07) is 0.697. The maximum absolute atomic E-state index is 12.2. The van der Waals surface area contributed by atoms with Crippen LogP contribution in [0, 0.1) is 5.92 Å². The van der Waals surface area contributed by atoms with Gasteiger partial charge in [0.15, 0.2) is 0 Å². The largest absolute Gasteiger partial charge is 0.368 e. The van der Waals surface area contributed by atoms with Crippen LogP contribution >= 0.6 is 0 Å². The minimum absolute atomic E-state index is 0.143. The van der Waals surface area contributed by atoms with Gasteiger partial charge in [0, 0.05) is 12.6 Å². The van der Waals surface area contributed by atoms with Crippen LogP contribution in [0.1, 0.15) is 58.8 Å². The Labute approximate surface area is 123 Å². The Morgan fingerprint density at radius 2 is 1.95 bits per heavy atom. The van der Waals surface area contributed by atoms with E-state index in [2.05, 4.69) is 24.1 Å². The molecule has 0 aromatic rings. The van der Waals surface area contributed by atoms with E-state index in [0.29, 0.717) is 12.0 Å². The summed E-state index contributed by atoms with van der Waals surface area (Å²) in [5.41, 5.74) is 5.34. The Morgan fingerprint density at radius 3 is 2.40 bits per heavy atom. The molecule has 0 saturated heterocycles. The second kappa shape index (κ2) is 6.90. The van der Waals surface area contributed by atoms with E-state index in [9.17, 15) is 4.79 Å². The smallest absolute Gasteiger partial charge is 0.239 e. The van der Waals surface area contributed by atoms with Crippen LogP contribution in [-0.4, -0.2) is 42.0 Å². The molecule has 0 aromatic heterocycles. The van der Waals surface area contributed by atoms with Crippen molar-refractivity contribution in [3.05, 3.63) is 0 Å². The number of hydrogen-bond donors (Lipinski definition) is 2. The number of unbranched alkanes of at least 4 members (excludes halogenated alkanes) is 1. The van der Waals surface area contributed by atoms with Gasteiger partial charge in [-0.2, -0.15) is 0 Å². The van der Waals surface area contributed by atoms with Gasteiger partial charge in [-0.25, -0.2) is 0 Å². The Hall–Kier alpha value is -0.610. The first-order valence-electron chi connectivity index (χ1n) is 8.43. The van der Waals surface area contributed by atoms with Gasteiger partial charge in [0.2, 0.25) is 5.91 Å². The molecule has 2 rings (SSSR count). The second-order valence-electron chi connectivity index (χ2n) is 6.59. The van der Waals surface area contributed by atoms with Gasteiger partial charge in [-0.05, 0) is 57.5 Å². The number of nitrogens with two attached hydrogens (primary N) is 1. The van der Waals surface area contributed by atoms with Crippen LogP contribution in [0.25, 0.3) is 0 Å². The van der Waals surface area contributed by atoms with Crippen molar-refractivity contribution < 1.29 is 4.79 Å². The highest BCUT2D eigenvalue weighted by Gasteiger charge is 2.51. The van der Waals surface area contributed by atoms with Gasteiger partial charge in [0.05, 0.1) is 0 Å². The predicted molar refractivity (Wildman–Crippen MR) is 82.4 cm³/mol. The molecular weight excluding hydrogens is 250 g/mol. The zero-order valence-corrected chi connectivity index (χ0v) is 13.2. The topological polar surface area (TPSA) is 58.4 Å². The summed E-state index contributed by atoms with van der Waals surface area (Å²) in [5.74, 6) is 0.310. The third kappa shape index (κ3) is 3.73. The van der Waals surface area contributed by atoms with E-state index in [1.54, 1.807) is 0 Å². The standard InChI is InChI=1S/C16H31N3O/c1-3-5-11-19(14-8-9-14)12-16(15(17)20,13-6-7-13)18-10-4-2/h13-14,18H,3-12H2,1-2H3,(H2,17,20). The van der Waals surface area contributed by atoms with Crippen molar-refractivity contribution in [2.24, 2.45) is 11.7 Å². The molecule has 116 valence electrons. The fourth-order valence-electron chi connectivity index (χ4n) is 3.13. The predicted octanol–water partition coefficient (Wildman–Crippen LogP) is 1.88. The van der Waals surface area contributed by atoms with Crippen molar-refractivity contribution in [3.63, 3.8) is 0 Å². The molecule has 1 unspecified atom stereocenters. The molecule has 0 aromatic carbocycles. The summed E-state index contributed by atoms with van der Waals surface area (Å²) in [6.07, 6.45) is 8.33. The van der Waals surface area contributed by atoms with Gasteiger partial charge < -0.3 is 11.1 Å². The van der Waals surface area contributed by atoms with Crippen LogP contribution in [0.4, 0.5) is 0 Å². The molecule has 4 nitrogen and oxygen atoms in total. The summed E-state index contributed by atoms with van der Waals surface area (Å²) in [7, 11) is 0. The molecule has 0 bridgehead atoms. The number of carbonyl (C=O) groups excluding carboxylic acids is 1. The summed E-state index contributed by atoms with van der Waals surface area (Å²) in [5, 5.41) is 3.52. The van der Waals surface area contributed by atoms with Gasteiger partial charge in [0.1, 0.15) is 5.54 Å². The highest BCUT2D eigenvalue weighted by atomic mass is 16.1. The van der Waals surface area contributed by atoms with Crippen molar-refractivity contribution >= 4 is 5.91 Å². The van der Waals surface area contributed by atoms with Crippen LogP contribution in [0.5, 0.6) is 0 Å². The molecule has 1 atom stereocenters. The van der Waals surface area contributed by atoms with E-state index >= 15 is 0 Å². The van der Waals surface area contributed by atoms with E-state index in [-0.39, 0.29) is 5.91 Å². The SMILES string of the molecule is CCCCN(CC(NCCC)(C(N)=O)C1CC1)C1CC1. The number of amides is 1. The Bertz CT molecular complexity index is 326. The second-order valence-corrected chi connectivity index (χ2v) is 6.59. The molecule has 0 heterocycles. The number of primary amides is 1. The third-order valence-electron chi connectivity index (χ3n) is 4.72. The van der Waals surface area contributed by atoms with Crippen LogP contribution in [-0.2, 0) is 4.79 Å². The maximum atomic E-state index is 12.2. The fraction of sp³-hybridized carbons (Fsp3) is 0.938. The molecule has 1 amide bonds. The summed E-state index contributed by atoms with van der Waals surface area (Å²) in [4.78, 5) is 14.7. The highest BCUT2D eigenvalue weighted by Crippen LogP contribution is 2.41. The first kappa shape index (κ1) is 15.8. The average Bonchev–Trinajstić information content (AvgIpc) is 3.29. The molecule has 2 aliphatic carbocycles. The van der Waals surface area contributed by atoms with Crippen LogP contribution in [0.2, 0.25) is 0 Å². The summed E-state index contributed by atoms with van der Waals surface area (Å²) in [6.45, 7) is 7.17. The monoisotopic (exact) mass is 281 g/mol. The minimum Gasteiger partial charge on any atom is -0.368 e. The van der Waals surface area contributed by atoms with Gasteiger partial charge in [-0.15, -0.1) is 0 Å². The lowest BCUT2D eigenvalue weighted by molar-refractivity contribution is -0.126. The van der Waals surface area contributed by atoms with Gasteiger partial charge in [-0.3, -0.25) is 9.69 Å². The Kier molecular flexibility index (Phi) is 5.44. The average molecular weight is 281 g/mol. The summed E-state index contributed by atoms with van der Waals surface area (Å²) >= 11 is 0. The normalized spacial score (nSPS) is 21.9. The van der Waals surface area contributed by atoms with Crippen LogP contribution < -0.4 is 11.1 Å².